The van der Waals surface area contributed by atoms with Crippen molar-refractivity contribution < 1.29 is 48.2 Å². The number of rotatable bonds is 11. The van der Waals surface area contributed by atoms with Gasteiger partial charge in [-0.25, -0.2) is 13.2 Å². The summed E-state index contributed by atoms with van der Waals surface area (Å²) in [7, 11) is -4.66. The van der Waals surface area contributed by atoms with Gasteiger partial charge >= 0.3 is 5.97 Å². The summed E-state index contributed by atoms with van der Waals surface area (Å²) in [4.78, 5) is 11.2. The minimum atomic E-state index is -4.66. The first-order chi connectivity index (χ1) is 17.1. The number of carbonyl (C=O) groups is 1. The molecule has 12 nitrogen and oxygen atoms in total. The lowest BCUT2D eigenvalue weighted by Gasteiger charge is -2.40. The fraction of sp³-hybridized carbons (Fsp3) is 0.435. The van der Waals surface area contributed by atoms with Crippen molar-refractivity contribution in [2.45, 2.75) is 55.3 Å². The van der Waals surface area contributed by atoms with Crippen LogP contribution in [0.15, 0.2) is 47.4 Å². The Hall–Kier alpha value is -2.78. The number of nitrogens with one attached hydrogen (secondary N) is 2. The summed E-state index contributed by atoms with van der Waals surface area (Å²) >= 11 is 0. The molecule has 2 aromatic rings. The maximum atomic E-state index is 13.5. The fourth-order valence-electron chi connectivity index (χ4n) is 3.58. The minimum Gasteiger partial charge on any atom is -0.478 e. The number of carboxylic acid groups (broad SMARTS) is 1. The zero-order valence-corrected chi connectivity index (χ0v) is 20.3. The minimum absolute atomic E-state index is 0.112. The standard InChI is InChI=1S/C23H30N2O10S/c1-2-3-9-24-15-10-13(23(30)31)11-17(21(15)34-14-7-5-4-6-8-14)36(32,33)25-22-20(29)19(28)18(27)16(12-26)35-22/h4-8,10-11,16,18-20,22,24-29H,2-3,9,12H2,1H3,(H,30,31)/t16-,18-,19+,20+,22?/m1/s1. The average molecular weight is 527 g/mol. The first-order valence-electron chi connectivity index (χ1n) is 11.3. The molecule has 1 saturated heterocycles. The predicted molar refractivity (Wildman–Crippen MR) is 127 cm³/mol. The lowest BCUT2D eigenvalue weighted by molar-refractivity contribution is -0.231. The monoisotopic (exact) mass is 526 g/mol. The van der Waals surface area contributed by atoms with E-state index < -0.39 is 58.1 Å². The van der Waals surface area contributed by atoms with Crippen molar-refractivity contribution in [1.82, 2.24) is 4.72 Å². The van der Waals surface area contributed by atoms with E-state index in [0.29, 0.717) is 13.0 Å². The van der Waals surface area contributed by atoms with Crippen LogP contribution in [0.1, 0.15) is 30.1 Å². The largest absolute Gasteiger partial charge is 0.478 e. The number of anilines is 1. The summed E-state index contributed by atoms with van der Waals surface area (Å²) in [5, 5.41) is 52.3. The van der Waals surface area contributed by atoms with Gasteiger partial charge in [0.2, 0.25) is 10.0 Å². The molecule has 1 unspecified atom stereocenters. The van der Waals surface area contributed by atoms with Crippen LogP contribution in [0.5, 0.6) is 11.5 Å². The van der Waals surface area contributed by atoms with E-state index in [4.69, 9.17) is 9.47 Å². The number of aliphatic hydroxyl groups is 4. The Kier molecular flexibility index (Phi) is 9.24. The van der Waals surface area contributed by atoms with Gasteiger partial charge in [-0.2, -0.15) is 4.72 Å². The highest BCUT2D eigenvalue weighted by atomic mass is 32.2. The third-order valence-electron chi connectivity index (χ3n) is 5.56. The molecule has 36 heavy (non-hydrogen) atoms. The van der Waals surface area contributed by atoms with E-state index in [1.54, 1.807) is 30.3 Å². The number of ether oxygens (including phenoxy) is 2. The molecular formula is C23H30N2O10S. The van der Waals surface area contributed by atoms with Gasteiger partial charge in [0.15, 0.2) is 12.0 Å². The number of para-hydroxylation sites is 1. The second kappa shape index (κ2) is 12.0. The molecule has 5 atom stereocenters. The Balaban J connectivity index is 2.08. The quantitative estimate of drug-likeness (QED) is 0.201. The zero-order valence-electron chi connectivity index (χ0n) is 19.4. The Bertz CT molecular complexity index is 1140. The molecule has 0 aliphatic carbocycles. The first-order valence-corrected chi connectivity index (χ1v) is 12.8. The highest BCUT2D eigenvalue weighted by Crippen LogP contribution is 2.38. The van der Waals surface area contributed by atoms with E-state index in [9.17, 15) is 38.7 Å². The number of aromatic carboxylic acids is 1. The molecule has 1 aliphatic rings. The molecule has 1 heterocycles. The summed E-state index contributed by atoms with van der Waals surface area (Å²) < 4.78 is 40.2. The molecule has 2 aromatic carbocycles. The van der Waals surface area contributed by atoms with Crippen molar-refractivity contribution in [3.63, 3.8) is 0 Å². The van der Waals surface area contributed by atoms with Crippen LogP contribution >= 0.6 is 0 Å². The van der Waals surface area contributed by atoms with E-state index in [1.807, 2.05) is 6.92 Å². The van der Waals surface area contributed by atoms with Crippen LogP contribution in [0, 0.1) is 0 Å². The summed E-state index contributed by atoms with van der Waals surface area (Å²) in [6, 6.07) is 10.4. The first kappa shape index (κ1) is 27.8. The Morgan fingerprint density at radius 1 is 1.08 bits per heavy atom. The van der Waals surface area contributed by atoms with Gasteiger partial charge < -0.3 is 40.3 Å². The lowest BCUT2D eigenvalue weighted by atomic mass is 9.99. The van der Waals surface area contributed by atoms with E-state index in [0.717, 1.165) is 12.5 Å². The number of carboxylic acids is 1. The summed E-state index contributed by atoms with van der Waals surface area (Å²) in [6.07, 6.45) is -6.97. The fourth-order valence-corrected chi connectivity index (χ4v) is 4.89. The molecule has 0 radical (unpaired) electrons. The molecule has 0 spiro atoms. The second-order valence-electron chi connectivity index (χ2n) is 8.22. The van der Waals surface area contributed by atoms with Gasteiger partial charge in [0, 0.05) is 6.54 Å². The van der Waals surface area contributed by atoms with Crippen LogP contribution in [0.3, 0.4) is 0 Å². The number of hydrogen-bond acceptors (Lipinski definition) is 10. The molecular weight excluding hydrogens is 496 g/mol. The molecule has 7 N–H and O–H groups in total. The van der Waals surface area contributed by atoms with E-state index in [2.05, 4.69) is 10.0 Å². The molecule has 0 saturated carbocycles. The number of aliphatic hydroxyl groups excluding tert-OH is 4. The molecule has 0 amide bonds. The maximum Gasteiger partial charge on any atom is 0.335 e. The van der Waals surface area contributed by atoms with E-state index >= 15 is 0 Å². The Morgan fingerprint density at radius 3 is 2.39 bits per heavy atom. The molecule has 1 aliphatic heterocycles. The predicted octanol–water partition coefficient (Wildman–Crippen LogP) is 0.467. The van der Waals surface area contributed by atoms with Crippen molar-refractivity contribution in [2.24, 2.45) is 0 Å². The Morgan fingerprint density at radius 2 is 1.78 bits per heavy atom. The van der Waals surface area contributed by atoms with Crippen LogP contribution in [0.25, 0.3) is 0 Å². The number of unbranched alkanes of at least 4 members (excludes halogenated alkanes) is 1. The van der Waals surface area contributed by atoms with Gasteiger partial charge in [-0.15, -0.1) is 0 Å². The van der Waals surface area contributed by atoms with Gasteiger partial charge in [0.1, 0.15) is 35.1 Å². The van der Waals surface area contributed by atoms with Crippen LogP contribution in [-0.4, -0.2) is 83.7 Å². The van der Waals surface area contributed by atoms with Crippen LogP contribution in [0.4, 0.5) is 5.69 Å². The van der Waals surface area contributed by atoms with Crippen LogP contribution in [0.2, 0.25) is 0 Å². The number of sulfonamides is 1. The van der Waals surface area contributed by atoms with E-state index in [-0.39, 0.29) is 22.7 Å². The van der Waals surface area contributed by atoms with Gasteiger partial charge in [-0.05, 0) is 30.7 Å². The smallest absolute Gasteiger partial charge is 0.335 e. The molecule has 1 fully saturated rings. The summed E-state index contributed by atoms with van der Waals surface area (Å²) in [5.74, 6) is -1.30. The van der Waals surface area contributed by atoms with Crippen molar-refractivity contribution in [3.05, 3.63) is 48.0 Å². The lowest BCUT2D eigenvalue weighted by Crippen LogP contribution is -2.63. The molecule has 0 aromatic heterocycles. The van der Waals surface area contributed by atoms with Crippen LogP contribution in [-0.2, 0) is 14.8 Å². The normalized spacial score (nSPS) is 24.3. The van der Waals surface area contributed by atoms with Crippen molar-refractivity contribution in [1.29, 1.82) is 0 Å². The highest BCUT2D eigenvalue weighted by Gasteiger charge is 2.45. The van der Waals surface area contributed by atoms with E-state index in [1.165, 1.54) is 6.07 Å². The van der Waals surface area contributed by atoms with Crippen molar-refractivity contribution in [3.8, 4) is 11.5 Å². The third kappa shape index (κ3) is 6.31. The topological polar surface area (TPSA) is 195 Å². The van der Waals surface area contributed by atoms with Gasteiger partial charge in [-0.1, -0.05) is 31.5 Å². The SMILES string of the molecule is CCCCNc1cc(C(=O)O)cc(S(=O)(=O)NC2O[C@H](CO)[C@@H](O)[C@H](O)[C@@H]2O)c1Oc1ccccc1. The summed E-state index contributed by atoms with van der Waals surface area (Å²) in [5.41, 5.74) is -0.232. The van der Waals surface area contributed by atoms with Crippen molar-refractivity contribution in [2.75, 3.05) is 18.5 Å². The summed E-state index contributed by atoms with van der Waals surface area (Å²) in [6.45, 7) is 1.60. The molecule has 13 heteroatoms. The number of benzene rings is 2. The second-order valence-corrected chi connectivity index (χ2v) is 9.90. The number of hydrogen-bond donors (Lipinski definition) is 7. The zero-order chi connectivity index (χ0) is 26.5. The van der Waals surface area contributed by atoms with Gasteiger partial charge in [-0.3, -0.25) is 0 Å². The molecule has 3 rings (SSSR count). The highest BCUT2D eigenvalue weighted by molar-refractivity contribution is 7.89. The average Bonchev–Trinajstić information content (AvgIpc) is 2.85. The van der Waals surface area contributed by atoms with Gasteiger partial charge in [0.25, 0.3) is 0 Å². The maximum absolute atomic E-state index is 13.5. The van der Waals surface area contributed by atoms with Crippen LogP contribution < -0.4 is 14.8 Å². The van der Waals surface area contributed by atoms with Crippen molar-refractivity contribution >= 4 is 21.7 Å². The molecule has 0 bridgehead atoms. The molecule has 198 valence electrons. The third-order valence-corrected chi connectivity index (χ3v) is 6.99. The Labute approximate surface area is 208 Å². The van der Waals surface area contributed by atoms with Gasteiger partial charge in [0.05, 0.1) is 17.9 Å².